The van der Waals surface area contributed by atoms with E-state index in [9.17, 15) is 23.5 Å². The number of carbonyl (C=O) groups excluding carboxylic acids is 1. The summed E-state index contributed by atoms with van der Waals surface area (Å²) in [5, 5.41) is 16.7. The number of halogens is 2. The van der Waals surface area contributed by atoms with E-state index in [1.165, 1.54) is 23.0 Å². The minimum Gasteiger partial charge on any atom is -0.392 e. The highest BCUT2D eigenvalue weighted by atomic mass is 19.2. The first-order valence-corrected chi connectivity index (χ1v) is 9.00. The quantitative estimate of drug-likeness (QED) is 0.529. The maximum atomic E-state index is 13.3. The molecular formula is C21H16F2N4O3. The van der Waals surface area contributed by atoms with Crippen molar-refractivity contribution in [3.05, 3.63) is 88.5 Å². The van der Waals surface area contributed by atoms with E-state index in [2.05, 4.69) is 10.4 Å². The van der Waals surface area contributed by atoms with Crippen LogP contribution in [0.5, 0.6) is 0 Å². The van der Waals surface area contributed by atoms with E-state index in [0.717, 1.165) is 22.3 Å². The van der Waals surface area contributed by atoms with Crippen LogP contribution in [0.2, 0.25) is 0 Å². The van der Waals surface area contributed by atoms with Gasteiger partial charge in [0.15, 0.2) is 11.6 Å². The number of hydrogen-bond acceptors (Lipinski definition) is 4. The molecular weight excluding hydrogens is 394 g/mol. The van der Waals surface area contributed by atoms with Crippen molar-refractivity contribution in [3.63, 3.8) is 0 Å². The Morgan fingerprint density at radius 2 is 1.83 bits per heavy atom. The van der Waals surface area contributed by atoms with Crippen molar-refractivity contribution in [1.82, 2.24) is 14.2 Å². The molecule has 0 unspecified atom stereocenters. The highest BCUT2D eigenvalue weighted by Crippen LogP contribution is 2.24. The third-order valence-corrected chi connectivity index (χ3v) is 4.58. The van der Waals surface area contributed by atoms with E-state index in [0.29, 0.717) is 11.3 Å². The molecule has 0 atom stereocenters. The molecule has 0 bridgehead atoms. The number of amides is 1. The van der Waals surface area contributed by atoms with E-state index in [-0.39, 0.29) is 17.7 Å². The van der Waals surface area contributed by atoms with Crippen LogP contribution in [0.4, 0.5) is 14.5 Å². The van der Waals surface area contributed by atoms with Crippen molar-refractivity contribution < 1.29 is 18.7 Å². The molecule has 2 aromatic heterocycles. The predicted octanol–water partition coefficient (Wildman–Crippen LogP) is 2.57. The Bertz CT molecular complexity index is 1300. The van der Waals surface area contributed by atoms with Crippen LogP contribution in [0.3, 0.4) is 0 Å². The molecule has 4 rings (SSSR count). The molecule has 1 amide bonds. The number of fused-ring (bicyclic) bond motifs is 1. The van der Waals surface area contributed by atoms with Gasteiger partial charge in [-0.2, -0.15) is 5.10 Å². The van der Waals surface area contributed by atoms with Gasteiger partial charge in [0.2, 0.25) is 5.91 Å². The molecule has 0 aliphatic carbocycles. The molecule has 0 spiro atoms. The van der Waals surface area contributed by atoms with Crippen LogP contribution in [0.25, 0.3) is 16.8 Å². The first-order chi connectivity index (χ1) is 14.5. The highest BCUT2D eigenvalue weighted by molar-refractivity contribution is 5.90. The summed E-state index contributed by atoms with van der Waals surface area (Å²) in [6.07, 6.45) is 2.90. The van der Waals surface area contributed by atoms with Crippen LogP contribution >= 0.6 is 0 Å². The summed E-state index contributed by atoms with van der Waals surface area (Å²) in [6, 6.07) is 12.1. The molecule has 9 heteroatoms. The molecule has 30 heavy (non-hydrogen) atoms. The van der Waals surface area contributed by atoms with Gasteiger partial charge < -0.3 is 15.0 Å². The van der Waals surface area contributed by atoms with Gasteiger partial charge in [0.1, 0.15) is 12.1 Å². The number of aliphatic hydroxyl groups excluding tert-OH is 1. The topological polar surface area (TPSA) is 88.6 Å². The van der Waals surface area contributed by atoms with E-state index >= 15 is 0 Å². The molecule has 0 saturated carbocycles. The zero-order valence-electron chi connectivity index (χ0n) is 15.5. The van der Waals surface area contributed by atoms with Crippen LogP contribution in [0.15, 0.2) is 65.7 Å². The fourth-order valence-electron chi connectivity index (χ4n) is 3.18. The molecule has 2 N–H and O–H groups in total. The Hall–Kier alpha value is -3.85. The number of rotatable bonds is 5. The summed E-state index contributed by atoms with van der Waals surface area (Å²) < 4.78 is 28.8. The third-order valence-electron chi connectivity index (χ3n) is 4.58. The maximum Gasteiger partial charge on any atom is 0.277 e. The van der Waals surface area contributed by atoms with Gasteiger partial charge in [0, 0.05) is 35.3 Å². The second-order valence-corrected chi connectivity index (χ2v) is 6.55. The number of benzene rings is 2. The van der Waals surface area contributed by atoms with Gasteiger partial charge in [-0.3, -0.25) is 9.59 Å². The molecule has 152 valence electrons. The summed E-state index contributed by atoms with van der Waals surface area (Å²) in [5.41, 5.74) is 1.27. The van der Waals surface area contributed by atoms with E-state index in [1.807, 2.05) is 30.3 Å². The van der Waals surface area contributed by atoms with Crippen molar-refractivity contribution in [2.75, 3.05) is 5.32 Å². The second-order valence-electron chi connectivity index (χ2n) is 6.55. The lowest BCUT2D eigenvalue weighted by molar-refractivity contribution is -0.116. The molecule has 0 saturated heterocycles. The normalized spacial score (nSPS) is 11.0. The fourth-order valence-corrected chi connectivity index (χ4v) is 3.18. The third kappa shape index (κ3) is 3.58. The van der Waals surface area contributed by atoms with Gasteiger partial charge in [-0.05, 0) is 12.1 Å². The van der Waals surface area contributed by atoms with Gasteiger partial charge in [0.05, 0.1) is 12.3 Å². The van der Waals surface area contributed by atoms with Gasteiger partial charge in [-0.15, -0.1) is 0 Å². The van der Waals surface area contributed by atoms with Crippen LogP contribution in [0.1, 0.15) is 5.56 Å². The SMILES string of the molecule is O=C(Cn1ccn2nc(-c3ccccc3)c(CO)c2c1=O)Nc1ccc(F)c(F)c1. The second kappa shape index (κ2) is 7.88. The minimum atomic E-state index is -1.09. The molecule has 0 radical (unpaired) electrons. The zero-order valence-corrected chi connectivity index (χ0v) is 15.5. The lowest BCUT2D eigenvalue weighted by atomic mass is 10.1. The Balaban J connectivity index is 1.67. The smallest absolute Gasteiger partial charge is 0.277 e. The monoisotopic (exact) mass is 410 g/mol. The summed E-state index contributed by atoms with van der Waals surface area (Å²) in [6.45, 7) is -0.765. The number of nitrogens with one attached hydrogen (secondary N) is 1. The van der Waals surface area contributed by atoms with E-state index < -0.39 is 29.7 Å². The molecule has 2 aromatic carbocycles. The van der Waals surface area contributed by atoms with Gasteiger partial charge in [0.25, 0.3) is 5.56 Å². The van der Waals surface area contributed by atoms with Crippen LogP contribution in [-0.4, -0.2) is 25.2 Å². The Kier molecular flexibility index (Phi) is 5.11. The highest BCUT2D eigenvalue weighted by Gasteiger charge is 2.18. The lowest BCUT2D eigenvalue weighted by Crippen LogP contribution is -2.28. The van der Waals surface area contributed by atoms with Crippen LogP contribution in [-0.2, 0) is 17.9 Å². The number of anilines is 1. The zero-order chi connectivity index (χ0) is 21.3. The first kappa shape index (κ1) is 19.5. The summed E-state index contributed by atoms with van der Waals surface area (Å²) >= 11 is 0. The number of nitrogens with zero attached hydrogens (tertiary/aromatic N) is 3. The van der Waals surface area contributed by atoms with Crippen molar-refractivity contribution in [2.24, 2.45) is 0 Å². The number of aliphatic hydroxyl groups is 1. The summed E-state index contributed by atoms with van der Waals surface area (Å²) in [7, 11) is 0. The summed E-state index contributed by atoms with van der Waals surface area (Å²) in [5.74, 6) is -2.71. The largest absolute Gasteiger partial charge is 0.392 e. The molecule has 7 nitrogen and oxygen atoms in total. The minimum absolute atomic E-state index is 0.0693. The van der Waals surface area contributed by atoms with Gasteiger partial charge >= 0.3 is 0 Å². The van der Waals surface area contributed by atoms with Crippen molar-refractivity contribution in [3.8, 4) is 11.3 Å². The van der Waals surface area contributed by atoms with Crippen molar-refractivity contribution in [1.29, 1.82) is 0 Å². The van der Waals surface area contributed by atoms with Gasteiger partial charge in [-0.1, -0.05) is 30.3 Å². The molecule has 0 aliphatic heterocycles. The first-order valence-electron chi connectivity index (χ1n) is 9.00. The average molecular weight is 410 g/mol. The molecule has 0 fully saturated rings. The van der Waals surface area contributed by atoms with Crippen molar-refractivity contribution in [2.45, 2.75) is 13.2 Å². The Morgan fingerprint density at radius 3 is 2.53 bits per heavy atom. The summed E-state index contributed by atoms with van der Waals surface area (Å²) in [4.78, 5) is 25.2. The molecule has 4 aromatic rings. The fraction of sp³-hybridized carbons (Fsp3) is 0.0952. The van der Waals surface area contributed by atoms with Gasteiger partial charge in [-0.25, -0.2) is 13.3 Å². The molecule has 2 heterocycles. The lowest BCUT2D eigenvalue weighted by Gasteiger charge is -2.08. The van der Waals surface area contributed by atoms with Crippen molar-refractivity contribution >= 4 is 17.1 Å². The van der Waals surface area contributed by atoms with E-state index in [4.69, 9.17) is 0 Å². The number of carbonyl (C=O) groups is 1. The number of hydrogen-bond donors (Lipinski definition) is 2. The standard InChI is InChI=1S/C21H16F2N4O3/c22-16-7-6-14(10-17(16)23)24-18(29)11-26-8-9-27-20(21(26)30)15(12-28)19(25-27)13-4-2-1-3-5-13/h1-10,28H,11-12H2,(H,24,29). The Morgan fingerprint density at radius 1 is 1.07 bits per heavy atom. The number of aromatic nitrogens is 3. The van der Waals surface area contributed by atoms with E-state index in [1.54, 1.807) is 0 Å². The maximum absolute atomic E-state index is 13.3. The van der Waals surface area contributed by atoms with Crippen LogP contribution < -0.4 is 10.9 Å². The van der Waals surface area contributed by atoms with Crippen LogP contribution in [0, 0.1) is 11.6 Å². The average Bonchev–Trinajstić information content (AvgIpc) is 3.13. The molecule has 0 aliphatic rings. The predicted molar refractivity (Wildman–Crippen MR) is 106 cm³/mol. The Labute approximate surface area is 168 Å².